The molecule has 1 aliphatic heterocycles. The number of furan rings is 1. The number of hydrogen-bond acceptors (Lipinski definition) is 5. The van der Waals surface area contributed by atoms with Crippen molar-refractivity contribution in [3.63, 3.8) is 0 Å². The van der Waals surface area contributed by atoms with E-state index in [-0.39, 0.29) is 24.0 Å². The lowest BCUT2D eigenvalue weighted by Crippen LogP contribution is -2.53. The van der Waals surface area contributed by atoms with Crippen molar-refractivity contribution in [3.8, 4) is 0 Å². The molecule has 0 atom stereocenters. The zero-order valence-corrected chi connectivity index (χ0v) is 19.9. The first-order valence-corrected chi connectivity index (χ1v) is 11.0. The van der Waals surface area contributed by atoms with Gasteiger partial charge in [0.05, 0.1) is 6.26 Å². The Morgan fingerprint density at radius 2 is 1.83 bits per heavy atom. The van der Waals surface area contributed by atoms with Crippen LogP contribution in [0.3, 0.4) is 0 Å². The fraction of sp³-hybridized carbons (Fsp3) is 0.591. The lowest BCUT2D eigenvalue weighted by Gasteiger charge is -2.36. The second kappa shape index (κ2) is 12.1. The molecular formula is C22H33IN6O. The monoisotopic (exact) mass is 524 g/mol. The first-order chi connectivity index (χ1) is 14.4. The van der Waals surface area contributed by atoms with Crippen LogP contribution in [0.5, 0.6) is 0 Å². The van der Waals surface area contributed by atoms with E-state index in [0.717, 1.165) is 69.3 Å². The first-order valence-electron chi connectivity index (χ1n) is 11.0. The highest BCUT2D eigenvalue weighted by atomic mass is 127. The summed E-state index contributed by atoms with van der Waals surface area (Å²) in [6.45, 7) is 5.44. The van der Waals surface area contributed by atoms with Gasteiger partial charge >= 0.3 is 0 Å². The van der Waals surface area contributed by atoms with Gasteiger partial charge in [-0.25, -0.2) is 9.97 Å². The Labute approximate surface area is 196 Å². The summed E-state index contributed by atoms with van der Waals surface area (Å²) < 4.78 is 5.46. The molecule has 1 aliphatic carbocycles. The zero-order chi connectivity index (χ0) is 19.7. The van der Waals surface area contributed by atoms with Crippen LogP contribution < -0.4 is 10.2 Å². The Kier molecular flexibility index (Phi) is 9.23. The molecule has 0 unspecified atom stereocenters. The van der Waals surface area contributed by atoms with Crippen LogP contribution in [0.4, 0.5) is 5.95 Å². The van der Waals surface area contributed by atoms with Gasteiger partial charge in [0.15, 0.2) is 5.96 Å². The van der Waals surface area contributed by atoms with Crippen molar-refractivity contribution in [2.75, 3.05) is 44.2 Å². The van der Waals surface area contributed by atoms with Gasteiger partial charge in [-0.2, -0.15) is 0 Å². The minimum atomic E-state index is 0. The first kappa shape index (κ1) is 22.8. The minimum Gasteiger partial charge on any atom is -0.469 e. The smallest absolute Gasteiger partial charge is 0.225 e. The van der Waals surface area contributed by atoms with Crippen LogP contribution in [0.15, 0.2) is 46.3 Å². The number of piperazine rings is 1. The van der Waals surface area contributed by atoms with E-state index in [1.165, 1.54) is 32.1 Å². The number of rotatable bonds is 6. The summed E-state index contributed by atoms with van der Waals surface area (Å²) >= 11 is 0. The van der Waals surface area contributed by atoms with Gasteiger partial charge < -0.3 is 19.5 Å². The van der Waals surface area contributed by atoms with E-state index in [1.54, 1.807) is 6.26 Å². The summed E-state index contributed by atoms with van der Waals surface area (Å²) in [6.07, 6.45) is 13.0. The average Bonchev–Trinajstić information content (AvgIpc) is 3.31. The predicted molar refractivity (Wildman–Crippen MR) is 131 cm³/mol. The highest BCUT2D eigenvalue weighted by Crippen LogP contribution is 2.23. The number of aromatic nitrogens is 2. The van der Waals surface area contributed by atoms with Gasteiger partial charge in [-0.15, -0.1) is 24.0 Å². The van der Waals surface area contributed by atoms with Gasteiger partial charge in [-0.3, -0.25) is 4.99 Å². The molecule has 7 nitrogen and oxygen atoms in total. The Hall–Kier alpha value is -1.84. The molecule has 164 valence electrons. The van der Waals surface area contributed by atoms with E-state index >= 15 is 0 Å². The quantitative estimate of drug-likeness (QED) is 0.354. The number of halogens is 1. The lowest BCUT2D eigenvalue weighted by molar-refractivity contribution is 0.351. The molecular weight excluding hydrogens is 491 g/mol. The van der Waals surface area contributed by atoms with Gasteiger partial charge in [0.1, 0.15) is 5.76 Å². The average molecular weight is 524 g/mol. The maximum Gasteiger partial charge on any atom is 0.225 e. The third-order valence-corrected chi connectivity index (χ3v) is 5.87. The van der Waals surface area contributed by atoms with Crippen LogP contribution in [-0.4, -0.2) is 60.1 Å². The molecule has 0 spiro atoms. The predicted octanol–water partition coefficient (Wildman–Crippen LogP) is 3.58. The van der Waals surface area contributed by atoms with Crippen LogP contribution >= 0.6 is 24.0 Å². The van der Waals surface area contributed by atoms with Gasteiger partial charge in [-0.05, 0) is 37.0 Å². The summed E-state index contributed by atoms with van der Waals surface area (Å²) in [6, 6.07) is 5.83. The van der Waals surface area contributed by atoms with Gasteiger partial charge in [0.2, 0.25) is 5.95 Å². The third kappa shape index (κ3) is 6.58. The molecule has 1 saturated heterocycles. The standard InChI is InChI=1S/C22H32N6O.HI/c1-2-6-19(7-3-1)18-26-22(25-12-9-20-8-4-17-29-20)28-15-13-27(14-16-28)21-23-10-5-11-24-21;/h4-5,8,10-11,17,19H,1-3,6-7,9,12-16,18H2,(H,25,26);1H. The molecule has 0 radical (unpaired) electrons. The van der Waals surface area contributed by atoms with Crippen LogP contribution in [0, 0.1) is 5.92 Å². The molecule has 8 heteroatoms. The van der Waals surface area contributed by atoms with Gasteiger partial charge in [0.25, 0.3) is 0 Å². The summed E-state index contributed by atoms with van der Waals surface area (Å²) in [5.41, 5.74) is 0. The van der Waals surface area contributed by atoms with Crippen LogP contribution in [0.1, 0.15) is 37.9 Å². The van der Waals surface area contributed by atoms with Crippen molar-refractivity contribution < 1.29 is 4.42 Å². The molecule has 1 N–H and O–H groups in total. The van der Waals surface area contributed by atoms with Crippen molar-refractivity contribution in [2.45, 2.75) is 38.5 Å². The molecule has 2 aromatic heterocycles. The number of nitrogens with one attached hydrogen (secondary N) is 1. The van der Waals surface area contributed by atoms with E-state index in [4.69, 9.17) is 9.41 Å². The second-order valence-corrected chi connectivity index (χ2v) is 7.95. The van der Waals surface area contributed by atoms with E-state index in [9.17, 15) is 0 Å². The molecule has 2 aromatic rings. The minimum absolute atomic E-state index is 0. The highest BCUT2D eigenvalue weighted by Gasteiger charge is 2.22. The summed E-state index contributed by atoms with van der Waals surface area (Å²) in [5.74, 6) is 3.61. The van der Waals surface area contributed by atoms with Crippen molar-refractivity contribution in [1.82, 2.24) is 20.2 Å². The summed E-state index contributed by atoms with van der Waals surface area (Å²) in [4.78, 5) is 18.4. The van der Waals surface area contributed by atoms with Gasteiger partial charge in [0, 0.05) is 58.1 Å². The molecule has 3 heterocycles. The van der Waals surface area contributed by atoms with Crippen LogP contribution in [-0.2, 0) is 6.42 Å². The highest BCUT2D eigenvalue weighted by molar-refractivity contribution is 14.0. The normalized spacial score (nSPS) is 18.2. The SMILES string of the molecule is I.c1cnc(N2CCN(C(=NCC3CCCCC3)NCCc3ccco3)CC2)nc1. The van der Waals surface area contributed by atoms with Gasteiger partial charge in [-0.1, -0.05) is 19.3 Å². The summed E-state index contributed by atoms with van der Waals surface area (Å²) in [5, 5.41) is 3.59. The fourth-order valence-electron chi connectivity index (χ4n) is 4.18. The fourth-order valence-corrected chi connectivity index (χ4v) is 4.18. The molecule has 0 aromatic carbocycles. The van der Waals surface area contributed by atoms with Crippen molar-refractivity contribution in [1.29, 1.82) is 0 Å². The Balaban J connectivity index is 0.00000256. The maximum absolute atomic E-state index is 5.46. The number of nitrogens with zero attached hydrogens (tertiary/aromatic N) is 5. The van der Waals surface area contributed by atoms with Crippen LogP contribution in [0.25, 0.3) is 0 Å². The third-order valence-electron chi connectivity index (χ3n) is 5.87. The molecule has 0 bridgehead atoms. The van der Waals surface area contributed by atoms with E-state index < -0.39 is 0 Å². The number of guanidine groups is 1. The molecule has 30 heavy (non-hydrogen) atoms. The molecule has 0 amide bonds. The van der Waals surface area contributed by atoms with Crippen LogP contribution in [0.2, 0.25) is 0 Å². The largest absolute Gasteiger partial charge is 0.469 e. The number of anilines is 1. The second-order valence-electron chi connectivity index (χ2n) is 7.95. The molecule has 2 fully saturated rings. The van der Waals surface area contributed by atoms with E-state index in [1.807, 2.05) is 30.6 Å². The Morgan fingerprint density at radius 3 is 2.53 bits per heavy atom. The number of aliphatic imine (C=N–C) groups is 1. The molecule has 1 saturated carbocycles. The molecule has 2 aliphatic rings. The Morgan fingerprint density at radius 1 is 1.07 bits per heavy atom. The summed E-state index contributed by atoms with van der Waals surface area (Å²) in [7, 11) is 0. The zero-order valence-electron chi connectivity index (χ0n) is 17.6. The topological polar surface area (TPSA) is 69.8 Å². The maximum atomic E-state index is 5.46. The number of hydrogen-bond donors (Lipinski definition) is 1. The van der Waals surface area contributed by atoms with Crippen molar-refractivity contribution in [3.05, 3.63) is 42.6 Å². The molecule has 4 rings (SSSR count). The van der Waals surface area contributed by atoms with E-state index in [0.29, 0.717) is 0 Å². The lowest BCUT2D eigenvalue weighted by atomic mass is 9.89. The van der Waals surface area contributed by atoms with Crippen molar-refractivity contribution >= 4 is 35.9 Å². The van der Waals surface area contributed by atoms with Crippen molar-refractivity contribution in [2.24, 2.45) is 10.9 Å². The van der Waals surface area contributed by atoms with E-state index in [2.05, 4.69) is 25.1 Å². The Bertz CT molecular complexity index is 740.